The number of hydrogen-bond acceptors (Lipinski definition) is 7. The minimum absolute atomic E-state index is 0.0945. The van der Waals surface area contributed by atoms with E-state index in [2.05, 4.69) is 14.9 Å². The number of hydrogen-bond donors (Lipinski definition) is 1. The lowest BCUT2D eigenvalue weighted by molar-refractivity contribution is -0.121. The SMILES string of the molecule is Cc1nc(CN2C(=O)COc3cc(S(=O)(=O)NCCc4ccc(Cl)cc4)c(C)cc32)no1. The molecule has 0 saturated carbocycles. The zero-order valence-electron chi connectivity index (χ0n) is 17.5. The summed E-state index contributed by atoms with van der Waals surface area (Å²) >= 11 is 5.88. The summed E-state index contributed by atoms with van der Waals surface area (Å²) in [6.45, 7) is 3.44. The van der Waals surface area contributed by atoms with Gasteiger partial charge in [-0.15, -0.1) is 0 Å². The number of aryl methyl sites for hydroxylation is 2. The van der Waals surface area contributed by atoms with E-state index >= 15 is 0 Å². The summed E-state index contributed by atoms with van der Waals surface area (Å²) < 4.78 is 39.0. The molecule has 1 amide bonds. The standard InChI is InChI=1S/C21H21ClN4O5S/c1-13-9-17-18(30-12-21(27)26(17)11-20-24-14(2)31-25-20)10-19(13)32(28,29)23-8-7-15-3-5-16(22)6-4-15/h3-6,9-10,23H,7-8,11-12H2,1-2H3. The van der Waals surface area contributed by atoms with E-state index in [0.29, 0.717) is 40.2 Å². The molecule has 168 valence electrons. The highest BCUT2D eigenvalue weighted by Gasteiger charge is 2.30. The van der Waals surface area contributed by atoms with E-state index in [4.69, 9.17) is 20.9 Å². The second-order valence-corrected chi connectivity index (χ2v) is 9.53. The normalized spacial score (nSPS) is 13.7. The van der Waals surface area contributed by atoms with Crippen LogP contribution in [0.25, 0.3) is 0 Å². The first-order chi connectivity index (χ1) is 15.2. The zero-order valence-corrected chi connectivity index (χ0v) is 19.0. The maximum Gasteiger partial charge on any atom is 0.265 e. The number of nitrogens with zero attached hydrogens (tertiary/aromatic N) is 3. The van der Waals surface area contributed by atoms with E-state index in [1.54, 1.807) is 32.0 Å². The second kappa shape index (κ2) is 8.89. The van der Waals surface area contributed by atoms with E-state index in [0.717, 1.165) is 5.56 Å². The summed E-state index contributed by atoms with van der Waals surface area (Å²) in [6.07, 6.45) is 0.517. The number of anilines is 1. The van der Waals surface area contributed by atoms with Gasteiger partial charge >= 0.3 is 0 Å². The molecule has 1 aliphatic heterocycles. The van der Waals surface area contributed by atoms with Crippen LogP contribution in [0.1, 0.15) is 22.8 Å². The van der Waals surface area contributed by atoms with Gasteiger partial charge in [0.25, 0.3) is 5.91 Å². The van der Waals surface area contributed by atoms with E-state index in [-0.39, 0.29) is 30.5 Å². The van der Waals surface area contributed by atoms with Crippen LogP contribution in [0.3, 0.4) is 0 Å². The van der Waals surface area contributed by atoms with E-state index < -0.39 is 10.0 Å². The number of ether oxygens (including phenoxy) is 1. The average molecular weight is 477 g/mol. The molecule has 0 saturated heterocycles. The molecule has 0 atom stereocenters. The Morgan fingerprint density at radius 2 is 1.94 bits per heavy atom. The van der Waals surface area contributed by atoms with Crippen molar-refractivity contribution in [1.82, 2.24) is 14.9 Å². The van der Waals surface area contributed by atoms with Crippen molar-refractivity contribution < 1.29 is 22.5 Å². The molecule has 0 aliphatic carbocycles. The maximum absolute atomic E-state index is 12.9. The summed E-state index contributed by atoms with van der Waals surface area (Å²) in [5.41, 5.74) is 1.91. The van der Waals surface area contributed by atoms with Crippen LogP contribution in [0.5, 0.6) is 5.75 Å². The van der Waals surface area contributed by atoms with Gasteiger partial charge in [0.2, 0.25) is 15.9 Å². The quantitative estimate of drug-likeness (QED) is 0.557. The smallest absolute Gasteiger partial charge is 0.265 e. The summed E-state index contributed by atoms with van der Waals surface area (Å²) in [6, 6.07) is 10.3. The summed E-state index contributed by atoms with van der Waals surface area (Å²) in [5, 5.41) is 4.45. The Kier molecular flexibility index (Phi) is 6.18. The third-order valence-electron chi connectivity index (χ3n) is 4.98. The van der Waals surface area contributed by atoms with Gasteiger partial charge in [-0.25, -0.2) is 13.1 Å². The number of aromatic nitrogens is 2. The fraction of sp³-hybridized carbons (Fsp3) is 0.286. The van der Waals surface area contributed by atoms with Crippen LogP contribution < -0.4 is 14.4 Å². The predicted molar refractivity (Wildman–Crippen MR) is 117 cm³/mol. The van der Waals surface area contributed by atoms with E-state index in [1.807, 2.05) is 12.1 Å². The number of benzene rings is 2. The van der Waals surface area contributed by atoms with E-state index in [9.17, 15) is 13.2 Å². The van der Waals surface area contributed by atoms with Crippen LogP contribution in [-0.2, 0) is 27.8 Å². The Bertz CT molecular complexity index is 1260. The third kappa shape index (κ3) is 4.77. The van der Waals surface area contributed by atoms with Crippen LogP contribution >= 0.6 is 11.6 Å². The van der Waals surface area contributed by atoms with E-state index in [1.165, 1.54) is 11.0 Å². The van der Waals surface area contributed by atoms with Crippen molar-refractivity contribution in [2.75, 3.05) is 18.1 Å². The van der Waals surface area contributed by atoms with Gasteiger partial charge < -0.3 is 9.26 Å². The number of carbonyl (C=O) groups is 1. The number of nitrogens with one attached hydrogen (secondary N) is 1. The first kappa shape index (κ1) is 22.3. The fourth-order valence-electron chi connectivity index (χ4n) is 3.40. The van der Waals surface area contributed by atoms with Gasteiger partial charge in [-0.05, 0) is 42.7 Å². The largest absolute Gasteiger partial charge is 0.482 e. The highest BCUT2D eigenvalue weighted by Crippen LogP contribution is 2.37. The van der Waals surface area contributed by atoms with Crippen LogP contribution in [0.15, 0.2) is 45.8 Å². The first-order valence-corrected chi connectivity index (χ1v) is 11.7. The van der Waals surface area contributed by atoms with Crippen molar-refractivity contribution in [3.05, 3.63) is 64.3 Å². The highest BCUT2D eigenvalue weighted by molar-refractivity contribution is 7.89. The third-order valence-corrected chi connectivity index (χ3v) is 6.83. The van der Waals surface area contributed by atoms with Crippen molar-refractivity contribution in [1.29, 1.82) is 0 Å². The molecule has 0 fully saturated rings. The maximum atomic E-state index is 12.9. The molecule has 32 heavy (non-hydrogen) atoms. The van der Waals surface area contributed by atoms with Crippen molar-refractivity contribution in [3.63, 3.8) is 0 Å². The Labute approximate surface area is 190 Å². The van der Waals surface area contributed by atoms with Crippen LogP contribution in [0, 0.1) is 13.8 Å². The molecule has 1 aromatic heterocycles. The molecular formula is C21H21ClN4O5S. The summed E-state index contributed by atoms with van der Waals surface area (Å²) in [4.78, 5) is 18.1. The van der Waals surface area contributed by atoms with Gasteiger partial charge in [0, 0.05) is 24.6 Å². The lowest BCUT2D eigenvalue weighted by Gasteiger charge is -2.29. The Morgan fingerprint density at radius 1 is 1.19 bits per heavy atom. The first-order valence-electron chi connectivity index (χ1n) is 9.84. The molecule has 3 aromatic rings. The monoisotopic (exact) mass is 476 g/mol. The molecule has 0 radical (unpaired) electrons. The Hall–Kier alpha value is -2.95. The topological polar surface area (TPSA) is 115 Å². The van der Waals surface area contributed by atoms with Crippen LogP contribution in [0.4, 0.5) is 5.69 Å². The van der Waals surface area contributed by atoms with Crippen molar-refractivity contribution in [3.8, 4) is 5.75 Å². The lowest BCUT2D eigenvalue weighted by Crippen LogP contribution is -2.39. The van der Waals surface area contributed by atoms with Crippen molar-refractivity contribution in [2.45, 2.75) is 31.7 Å². The molecular weight excluding hydrogens is 456 g/mol. The van der Waals surface area contributed by atoms with Crippen LogP contribution in [-0.4, -0.2) is 37.6 Å². The summed E-state index contributed by atoms with van der Waals surface area (Å²) in [7, 11) is -3.79. The summed E-state index contributed by atoms with van der Waals surface area (Å²) in [5.74, 6) is 0.759. The second-order valence-electron chi connectivity index (χ2n) is 7.36. The Balaban J connectivity index is 1.54. The van der Waals surface area contributed by atoms with Gasteiger partial charge in [-0.1, -0.05) is 28.9 Å². The molecule has 2 aromatic carbocycles. The minimum atomic E-state index is -3.79. The van der Waals surface area contributed by atoms with Crippen LogP contribution in [0.2, 0.25) is 5.02 Å². The number of sulfonamides is 1. The lowest BCUT2D eigenvalue weighted by atomic mass is 10.1. The molecule has 4 rings (SSSR count). The van der Waals surface area contributed by atoms with Gasteiger partial charge in [-0.2, -0.15) is 4.98 Å². The molecule has 2 heterocycles. The fourth-order valence-corrected chi connectivity index (χ4v) is 4.80. The zero-order chi connectivity index (χ0) is 22.9. The number of fused-ring (bicyclic) bond motifs is 1. The number of halogens is 1. The van der Waals surface area contributed by atoms with Crippen molar-refractivity contribution >= 4 is 33.2 Å². The molecule has 11 heteroatoms. The average Bonchev–Trinajstić information content (AvgIpc) is 3.16. The number of rotatable bonds is 7. The number of carbonyl (C=O) groups excluding carboxylic acids is 1. The molecule has 1 N–H and O–H groups in total. The van der Waals surface area contributed by atoms with Gasteiger partial charge in [0.05, 0.1) is 17.1 Å². The number of amides is 1. The Morgan fingerprint density at radius 3 is 2.62 bits per heavy atom. The van der Waals surface area contributed by atoms with Gasteiger partial charge in [0.15, 0.2) is 12.4 Å². The molecule has 0 unspecified atom stereocenters. The molecule has 0 bridgehead atoms. The molecule has 9 nitrogen and oxygen atoms in total. The molecule has 0 spiro atoms. The minimum Gasteiger partial charge on any atom is -0.482 e. The van der Waals surface area contributed by atoms with Crippen molar-refractivity contribution in [2.24, 2.45) is 0 Å². The van der Waals surface area contributed by atoms with Gasteiger partial charge in [0.1, 0.15) is 5.75 Å². The van der Waals surface area contributed by atoms with Gasteiger partial charge in [-0.3, -0.25) is 9.69 Å². The highest BCUT2D eigenvalue weighted by atomic mass is 35.5. The predicted octanol–water partition coefficient (Wildman–Crippen LogP) is 2.79. The molecule has 1 aliphatic rings.